The molecule has 0 aliphatic heterocycles. The first-order chi connectivity index (χ1) is 13.9. The standard InChI is InChI=1S/C21H22F2N4O2/c1-4-15-6-5-7-17(12-15)26-19(28)13-25-21(24-2)27(3)14-16-8-10-18(11-9-16)29-20(22)23/h1,5-12,20H,13-14H2,2-3H3,(H,24,25)(H,26,28). The van der Waals surface area contributed by atoms with Crippen molar-refractivity contribution in [2.75, 3.05) is 26.0 Å². The SMILES string of the molecule is C#Cc1cccc(NC(=O)CNC(=NC)N(C)Cc2ccc(OC(F)F)cc2)c1. The molecule has 0 spiro atoms. The minimum atomic E-state index is -2.85. The Kier molecular flexibility index (Phi) is 7.98. The van der Waals surface area contributed by atoms with Gasteiger partial charge in [-0.05, 0) is 35.9 Å². The van der Waals surface area contributed by atoms with E-state index < -0.39 is 6.61 Å². The van der Waals surface area contributed by atoms with Gasteiger partial charge < -0.3 is 20.3 Å². The number of aliphatic imine (C=N–C) groups is 1. The summed E-state index contributed by atoms with van der Waals surface area (Å²) >= 11 is 0. The lowest BCUT2D eigenvalue weighted by molar-refractivity contribution is -0.115. The minimum absolute atomic E-state index is 0.0124. The van der Waals surface area contributed by atoms with Crippen LogP contribution in [0.15, 0.2) is 53.5 Å². The van der Waals surface area contributed by atoms with Crippen LogP contribution in [0.2, 0.25) is 0 Å². The molecule has 0 fully saturated rings. The van der Waals surface area contributed by atoms with Crippen molar-refractivity contribution in [3.63, 3.8) is 0 Å². The topological polar surface area (TPSA) is 66.0 Å². The fourth-order valence-electron chi connectivity index (χ4n) is 2.56. The number of carbonyl (C=O) groups excluding carboxylic acids is 1. The van der Waals surface area contributed by atoms with Gasteiger partial charge in [-0.3, -0.25) is 9.79 Å². The van der Waals surface area contributed by atoms with Gasteiger partial charge in [0.25, 0.3) is 0 Å². The molecule has 2 aromatic carbocycles. The van der Waals surface area contributed by atoms with Crippen LogP contribution in [-0.4, -0.2) is 44.0 Å². The summed E-state index contributed by atoms with van der Waals surface area (Å²) in [6.07, 6.45) is 5.36. The van der Waals surface area contributed by atoms with Gasteiger partial charge in [-0.25, -0.2) is 0 Å². The van der Waals surface area contributed by atoms with Crippen molar-refractivity contribution in [3.8, 4) is 18.1 Å². The Hall–Kier alpha value is -3.60. The molecule has 8 heteroatoms. The fraction of sp³-hybridized carbons (Fsp3) is 0.238. The molecule has 0 radical (unpaired) electrons. The van der Waals surface area contributed by atoms with E-state index in [0.29, 0.717) is 23.8 Å². The number of terminal acetylenes is 1. The predicted octanol–water partition coefficient (Wildman–Crippen LogP) is 2.92. The lowest BCUT2D eigenvalue weighted by atomic mass is 10.2. The molecule has 0 saturated carbocycles. The van der Waals surface area contributed by atoms with E-state index in [0.717, 1.165) is 5.56 Å². The average Bonchev–Trinajstić information content (AvgIpc) is 2.69. The van der Waals surface area contributed by atoms with Crippen molar-refractivity contribution in [2.24, 2.45) is 4.99 Å². The van der Waals surface area contributed by atoms with E-state index in [1.54, 1.807) is 55.4 Å². The quantitative estimate of drug-likeness (QED) is 0.426. The van der Waals surface area contributed by atoms with E-state index in [-0.39, 0.29) is 18.2 Å². The van der Waals surface area contributed by atoms with Crippen LogP contribution in [0.5, 0.6) is 5.75 Å². The minimum Gasteiger partial charge on any atom is -0.435 e. The number of halogens is 2. The van der Waals surface area contributed by atoms with E-state index in [4.69, 9.17) is 6.42 Å². The average molecular weight is 400 g/mol. The number of alkyl halides is 2. The molecule has 0 heterocycles. The molecule has 152 valence electrons. The molecule has 0 atom stereocenters. The van der Waals surface area contributed by atoms with Gasteiger partial charge in [0.05, 0.1) is 6.54 Å². The summed E-state index contributed by atoms with van der Waals surface area (Å²) in [5, 5.41) is 5.74. The Morgan fingerprint density at radius 1 is 1.28 bits per heavy atom. The number of amides is 1. The van der Waals surface area contributed by atoms with Gasteiger partial charge in [-0.1, -0.05) is 24.1 Å². The third-order valence-corrected chi connectivity index (χ3v) is 3.86. The maximum Gasteiger partial charge on any atom is 0.387 e. The maximum atomic E-state index is 12.2. The highest BCUT2D eigenvalue weighted by atomic mass is 19.3. The van der Waals surface area contributed by atoms with Crippen molar-refractivity contribution in [1.82, 2.24) is 10.2 Å². The lowest BCUT2D eigenvalue weighted by Gasteiger charge is -2.22. The van der Waals surface area contributed by atoms with Crippen LogP contribution in [0, 0.1) is 12.3 Å². The number of anilines is 1. The summed E-state index contributed by atoms with van der Waals surface area (Å²) in [4.78, 5) is 18.1. The molecular weight excluding hydrogens is 378 g/mol. The van der Waals surface area contributed by atoms with E-state index in [2.05, 4.69) is 26.3 Å². The highest BCUT2D eigenvalue weighted by molar-refractivity contribution is 5.95. The first-order valence-electron chi connectivity index (χ1n) is 8.73. The van der Waals surface area contributed by atoms with Crippen molar-refractivity contribution in [2.45, 2.75) is 13.2 Å². The molecule has 0 saturated heterocycles. The van der Waals surface area contributed by atoms with Gasteiger partial charge >= 0.3 is 6.61 Å². The second-order valence-electron chi connectivity index (χ2n) is 6.05. The van der Waals surface area contributed by atoms with Crippen LogP contribution < -0.4 is 15.4 Å². The second-order valence-corrected chi connectivity index (χ2v) is 6.05. The third-order valence-electron chi connectivity index (χ3n) is 3.86. The lowest BCUT2D eigenvalue weighted by Crippen LogP contribution is -2.42. The number of carbonyl (C=O) groups is 1. The van der Waals surface area contributed by atoms with Crippen molar-refractivity contribution in [3.05, 3.63) is 59.7 Å². The van der Waals surface area contributed by atoms with Crippen molar-refractivity contribution in [1.29, 1.82) is 0 Å². The van der Waals surface area contributed by atoms with Crippen LogP contribution >= 0.6 is 0 Å². The van der Waals surface area contributed by atoms with E-state index in [1.807, 2.05) is 0 Å². The zero-order valence-corrected chi connectivity index (χ0v) is 16.2. The first-order valence-corrected chi connectivity index (χ1v) is 8.73. The molecule has 0 aromatic heterocycles. The van der Waals surface area contributed by atoms with E-state index in [1.165, 1.54) is 12.1 Å². The summed E-state index contributed by atoms with van der Waals surface area (Å²) < 4.78 is 28.8. The maximum absolute atomic E-state index is 12.2. The molecule has 2 aromatic rings. The molecule has 6 nitrogen and oxygen atoms in total. The van der Waals surface area contributed by atoms with Crippen LogP contribution in [0.25, 0.3) is 0 Å². The number of rotatable bonds is 7. The highest BCUT2D eigenvalue weighted by Crippen LogP contribution is 2.15. The zero-order chi connectivity index (χ0) is 21.2. The predicted molar refractivity (Wildman–Crippen MR) is 109 cm³/mol. The molecule has 0 unspecified atom stereocenters. The Morgan fingerprint density at radius 2 is 2.00 bits per heavy atom. The van der Waals surface area contributed by atoms with Gasteiger partial charge in [0.2, 0.25) is 5.91 Å². The fourth-order valence-corrected chi connectivity index (χ4v) is 2.56. The Balaban J connectivity index is 1.87. The summed E-state index contributed by atoms with van der Waals surface area (Å²) in [5.74, 6) is 2.87. The molecule has 0 bridgehead atoms. The molecular formula is C21H22F2N4O2. The van der Waals surface area contributed by atoms with Crippen LogP contribution in [0.4, 0.5) is 14.5 Å². The number of ether oxygens (including phenoxy) is 1. The first kappa shape index (κ1) is 21.7. The number of hydrogen-bond acceptors (Lipinski definition) is 3. The number of hydrogen-bond donors (Lipinski definition) is 2. The monoisotopic (exact) mass is 400 g/mol. The Morgan fingerprint density at radius 3 is 2.62 bits per heavy atom. The molecule has 2 N–H and O–H groups in total. The van der Waals surface area contributed by atoms with Crippen LogP contribution in [-0.2, 0) is 11.3 Å². The van der Waals surface area contributed by atoms with Crippen LogP contribution in [0.1, 0.15) is 11.1 Å². The van der Waals surface area contributed by atoms with Crippen molar-refractivity contribution < 1.29 is 18.3 Å². The Labute approximate surface area is 168 Å². The number of nitrogens with zero attached hydrogens (tertiary/aromatic N) is 2. The molecule has 0 aliphatic carbocycles. The smallest absolute Gasteiger partial charge is 0.387 e. The molecule has 0 aliphatic rings. The summed E-state index contributed by atoms with van der Waals surface area (Å²) in [6, 6.07) is 13.3. The number of guanidine groups is 1. The Bertz CT molecular complexity index is 892. The van der Waals surface area contributed by atoms with E-state index in [9.17, 15) is 13.6 Å². The van der Waals surface area contributed by atoms with Crippen molar-refractivity contribution >= 4 is 17.6 Å². The molecule has 2 rings (SSSR count). The normalized spacial score (nSPS) is 11.0. The van der Waals surface area contributed by atoms with Crippen LogP contribution in [0.3, 0.4) is 0 Å². The number of benzene rings is 2. The second kappa shape index (κ2) is 10.7. The number of nitrogens with one attached hydrogen (secondary N) is 2. The largest absolute Gasteiger partial charge is 0.435 e. The summed E-state index contributed by atoms with van der Waals surface area (Å²) in [5.41, 5.74) is 2.16. The van der Waals surface area contributed by atoms with E-state index >= 15 is 0 Å². The van der Waals surface area contributed by atoms with Gasteiger partial charge in [0.1, 0.15) is 5.75 Å². The summed E-state index contributed by atoms with van der Waals surface area (Å²) in [7, 11) is 3.40. The third kappa shape index (κ3) is 7.14. The molecule has 1 amide bonds. The van der Waals surface area contributed by atoms with Gasteiger partial charge in [-0.2, -0.15) is 8.78 Å². The highest BCUT2D eigenvalue weighted by Gasteiger charge is 2.10. The summed E-state index contributed by atoms with van der Waals surface area (Å²) in [6.45, 7) is -2.38. The van der Waals surface area contributed by atoms with Gasteiger partial charge in [0.15, 0.2) is 5.96 Å². The molecule has 29 heavy (non-hydrogen) atoms. The van der Waals surface area contributed by atoms with Gasteiger partial charge in [0, 0.05) is 31.9 Å². The van der Waals surface area contributed by atoms with Gasteiger partial charge in [-0.15, -0.1) is 6.42 Å². The zero-order valence-electron chi connectivity index (χ0n) is 16.2.